The second-order valence-electron chi connectivity index (χ2n) is 3.69. The van der Waals surface area contributed by atoms with Crippen LogP contribution in [-0.2, 0) is 9.47 Å². The Morgan fingerprint density at radius 2 is 2.06 bits per heavy atom. The van der Waals surface area contributed by atoms with Crippen LogP contribution in [0.2, 0.25) is 0 Å². The number of hydrogen-bond acceptors (Lipinski definition) is 6. The minimum atomic E-state index is -0.740. The van der Waals surface area contributed by atoms with Gasteiger partial charge in [-0.25, -0.2) is 0 Å². The fourth-order valence-corrected chi connectivity index (χ4v) is 2.60. The summed E-state index contributed by atoms with van der Waals surface area (Å²) < 4.78 is 21.3. The molecule has 1 aromatic rings. The van der Waals surface area contributed by atoms with Crippen LogP contribution in [0, 0.1) is 10.1 Å². The lowest BCUT2D eigenvalue weighted by atomic mass is 10.1. The normalized spacial score (nSPS) is 18.3. The Kier molecular flexibility index (Phi) is 2.84. The number of nitro groups is 1. The summed E-state index contributed by atoms with van der Waals surface area (Å²) in [4.78, 5) is 10.7. The average molecular weight is 318 g/mol. The number of rotatable bonds is 2. The third kappa shape index (κ3) is 1.73. The molecule has 0 amide bonds. The van der Waals surface area contributed by atoms with E-state index >= 15 is 0 Å². The largest absolute Gasteiger partial charge is 0.454 e. The SMILES string of the molecule is O=[N+]([O-])c1c(C2OCCO2)cc2c(c1Br)OCO2. The maximum absolute atomic E-state index is 11.2. The fraction of sp³-hybridized carbons (Fsp3) is 0.400. The molecule has 1 saturated heterocycles. The molecule has 0 radical (unpaired) electrons. The smallest absolute Gasteiger partial charge is 0.295 e. The van der Waals surface area contributed by atoms with Crippen LogP contribution in [0.25, 0.3) is 0 Å². The molecule has 18 heavy (non-hydrogen) atoms. The fourth-order valence-electron chi connectivity index (χ4n) is 1.91. The van der Waals surface area contributed by atoms with Crippen LogP contribution >= 0.6 is 15.9 Å². The van der Waals surface area contributed by atoms with Gasteiger partial charge in [-0.1, -0.05) is 0 Å². The van der Waals surface area contributed by atoms with Gasteiger partial charge in [0.15, 0.2) is 17.8 Å². The van der Waals surface area contributed by atoms with E-state index in [1.807, 2.05) is 0 Å². The highest BCUT2D eigenvalue weighted by molar-refractivity contribution is 9.10. The molecule has 1 aromatic carbocycles. The van der Waals surface area contributed by atoms with E-state index in [-0.39, 0.29) is 17.0 Å². The topological polar surface area (TPSA) is 80.1 Å². The van der Waals surface area contributed by atoms with Gasteiger partial charge in [0.2, 0.25) is 6.79 Å². The molecule has 2 heterocycles. The summed E-state index contributed by atoms with van der Waals surface area (Å²) in [6.07, 6.45) is -0.740. The first-order valence-corrected chi connectivity index (χ1v) is 5.97. The highest BCUT2D eigenvalue weighted by Gasteiger charge is 2.35. The van der Waals surface area contributed by atoms with Crippen LogP contribution in [0.5, 0.6) is 11.5 Å². The summed E-state index contributed by atoms with van der Waals surface area (Å²) in [5.41, 5.74) is 0.208. The standard InChI is InChI=1S/C10H8BrNO6/c11-7-8(12(13)14)5(10-15-1-2-16-10)3-6-9(7)18-4-17-6/h3,10H,1-2,4H2. The van der Waals surface area contributed by atoms with Crippen LogP contribution in [0.15, 0.2) is 10.5 Å². The van der Waals surface area contributed by atoms with Gasteiger partial charge in [-0.2, -0.15) is 0 Å². The van der Waals surface area contributed by atoms with Crippen molar-refractivity contribution in [3.63, 3.8) is 0 Å². The maximum Gasteiger partial charge on any atom is 0.295 e. The maximum atomic E-state index is 11.2. The average Bonchev–Trinajstić information content (AvgIpc) is 2.99. The van der Waals surface area contributed by atoms with Crippen molar-refractivity contribution in [3.8, 4) is 11.5 Å². The molecule has 8 heteroatoms. The second-order valence-corrected chi connectivity index (χ2v) is 4.49. The Balaban J connectivity index is 2.16. The molecule has 2 aliphatic rings. The van der Waals surface area contributed by atoms with Gasteiger partial charge in [0.1, 0.15) is 4.47 Å². The van der Waals surface area contributed by atoms with Gasteiger partial charge in [-0.15, -0.1) is 0 Å². The molecule has 0 N–H and O–H groups in total. The minimum Gasteiger partial charge on any atom is -0.454 e. The van der Waals surface area contributed by atoms with Gasteiger partial charge in [-0.3, -0.25) is 10.1 Å². The Morgan fingerprint density at radius 3 is 2.72 bits per heavy atom. The second kappa shape index (κ2) is 4.38. The minimum absolute atomic E-state index is 0.0426. The number of nitro benzene ring substituents is 1. The van der Waals surface area contributed by atoms with Crippen LogP contribution in [-0.4, -0.2) is 24.9 Å². The van der Waals surface area contributed by atoms with Crippen LogP contribution in [0.1, 0.15) is 11.9 Å². The van der Waals surface area contributed by atoms with Crippen molar-refractivity contribution in [2.45, 2.75) is 6.29 Å². The molecule has 0 bridgehead atoms. The highest BCUT2D eigenvalue weighted by Crippen LogP contribution is 2.48. The summed E-state index contributed by atoms with van der Waals surface area (Å²) in [5, 5.41) is 11.2. The van der Waals surface area contributed by atoms with E-state index in [2.05, 4.69) is 15.9 Å². The van der Waals surface area contributed by atoms with Crippen molar-refractivity contribution in [2.24, 2.45) is 0 Å². The molecule has 1 fully saturated rings. The van der Waals surface area contributed by atoms with E-state index in [1.165, 1.54) is 6.07 Å². The van der Waals surface area contributed by atoms with Crippen molar-refractivity contribution in [3.05, 3.63) is 26.2 Å². The Morgan fingerprint density at radius 1 is 1.33 bits per heavy atom. The van der Waals surface area contributed by atoms with Crippen molar-refractivity contribution >= 4 is 21.6 Å². The molecular formula is C10H8BrNO6. The molecule has 0 unspecified atom stereocenters. The predicted molar refractivity (Wildman–Crippen MR) is 61.6 cm³/mol. The van der Waals surface area contributed by atoms with Gasteiger partial charge < -0.3 is 18.9 Å². The molecule has 3 rings (SSSR count). The molecule has 96 valence electrons. The Bertz CT molecular complexity index is 514. The molecule has 0 saturated carbocycles. The zero-order valence-corrected chi connectivity index (χ0v) is 10.6. The van der Waals surface area contributed by atoms with Crippen LogP contribution < -0.4 is 9.47 Å². The first kappa shape index (κ1) is 11.7. The van der Waals surface area contributed by atoms with Crippen molar-refractivity contribution in [1.29, 1.82) is 0 Å². The quantitative estimate of drug-likeness (QED) is 0.614. The Hall–Kier alpha value is -1.38. The highest BCUT2D eigenvalue weighted by atomic mass is 79.9. The van der Waals surface area contributed by atoms with Crippen LogP contribution in [0.4, 0.5) is 5.69 Å². The summed E-state index contributed by atoms with van der Waals surface area (Å²) in [6.45, 7) is 0.864. The number of halogens is 1. The lowest BCUT2D eigenvalue weighted by Gasteiger charge is -2.12. The zero-order valence-electron chi connectivity index (χ0n) is 9.05. The van der Waals surface area contributed by atoms with Gasteiger partial charge in [0.25, 0.3) is 5.69 Å². The van der Waals surface area contributed by atoms with E-state index in [4.69, 9.17) is 18.9 Å². The summed E-state index contributed by atoms with van der Waals surface area (Å²) in [7, 11) is 0. The van der Waals surface area contributed by atoms with Crippen molar-refractivity contribution < 1.29 is 23.9 Å². The number of benzene rings is 1. The van der Waals surface area contributed by atoms with Crippen molar-refractivity contribution in [2.75, 3.05) is 20.0 Å². The molecule has 0 spiro atoms. The van der Waals surface area contributed by atoms with Gasteiger partial charge in [0, 0.05) is 0 Å². The number of fused-ring (bicyclic) bond motifs is 1. The number of nitrogens with zero attached hydrogens (tertiary/aromatic N) is 1. The molecule has 0 atom stereocenters. The van der Waals surface area contributed by atoms with Crippen molar-refractivity contribution in [1.82, 2.24) is 0 Å². The molecule has 0 aliphatic carbocycles. The van der Waals surface area contributed by atoms with E-state index in [0.29, 0.717) is 30.3 Å². The third-order valence-electron chi connectivity index (χ3n) is 2.67. The molecule has 0 aromatic heterocycles. The Labute approximate surface area is 110 Å². The molecule has 2 aliphatic heterocycles. The first-order valence-electron chi connectivity index (χ1n) is 5.18. The van der Waals surface area contributed by atoms with E-state index in [1.54, 1.807) is 0 Å². The van der Waals surface area contributed by atoms with Crippen LogP contribution in [0.3, 0.4) is 0 Å². The lowest BCUT2D eigenvalue weighted by molar-refractivity contribution is -0.387. The zero-order chi connectivity index (χ0) is 12.7. The third-order valence-corrected chi connectivity index (χ3v) is 3.40. The van der Waals surface area contributed by atoms with Gasteiger partial charge >= 0.3 is 0 Å². The first-order chi connectivity index (χ1) is 8.68. The summed E-state index contributed by atoms with van der Waals surface area (Å²) >= 11 is 3.17. The summed E-state index contributed by atoms with van der Waals surface area (Å²) in [6, 6.07) is 1.53. The summed E-state index contributed by atoms with van der Waals surface area (Å²) in [5.74, 6) is 0.782. The van der Waals surface area contributed by atoms with E-state index in [0.717, 1.165) is 0 Å². The van der Waals surface area contributed by atoms with E-state index in [9.17, 15) is 10.1 Å². The number of ether oxygens (including phenoxy) is 4. The monoisotopic (exact) mass is 317 g/mol. The van der Waals surface area contributed by atoms with Gasteiger partial charge in [-0.05, 0) is 22.0 Å². The molecular weight excluding hydrogens is 310 g/mol. The molecule has 7 nitrogen and oxygen atoms in total. The number of hydrogen-bond donors (Lipinski definition) is 0. The van der Waals surface area contributed by atoms with Gasteiger partial charge in [0.05, 0.1) is 23.7 Å². The van der Waals surface area contributed by atoms with E-state index < -0.39 is 11.2 Å². The predicted octanol–water partition coefficient (Wildman–Crippen LogP) is 2.13. The lowest BCUT2D eigenvalue weighted by Crippen LogP contribution is -2.04.